The highest BCUT2D eigenvalue weighted by atomic mass is 19.4. The molecule has 1 N–H and O–H groups in total. The molecule has 1 amide bonds. The van der Waals surface area contributed by atoms with Crippen molar-refractivity contribution in [3.05, 3.63) is 41.0 Å². The van der Waals surface area contributed by atoms with Crippen molar-refractivity contribution in [1.29, 1.82) is 0 Å². The minimum atomic E-state index is -5.32. The molecular weight excluding hydrogens is 368 g/mol. The molecule has 1 aliphatic heterocycles. The van der Waals surface area contributed by atoms with Crippen LogP contribution in [0.5, 0.6) is 0 Å². The van der Waals surface area contributed by atoms with Crippen molar-refractivity contribution in [3.8, 4) is 0 Å². The maximum absolute atomic E-state index is 13.1. The molecule has 26 heavy (non-hydrogen) atoms. The lowest BCUT2D eigenvalue weighted by Gasteiger charge is -2.20. The SMILES string of the molecule is O=C(O)C1CCCN1C(=O)/C=C/c1cc[c]c(C(F)(F)F)c1C(F)(F)F. The number of amides is 1. The monoisotopic (exact) mass is 380 g/mol. The molecule has 1 heterocycles. The van der Waals surface area contributed by atoms with E-state index in [4.69, 9.17) is 5.11 Å². The standard InChI is InChI=1S/C16H12F6NO3/c17-15(18,19)10-4-1-3-9(13(10)16(20,21)22)6-7-12(24)23-8-2-5-11(23)14(25)26/h1,3,6-7,11H,2,5,8H2,(H,25,26)/b7-6+. The van der Waals surface area contributed by atoms with Gasteiger partial charge in [-0.15, -0.1) is 0 Å². The van der Waals surface area contributed by atoms with Gasteiger partial charge < -0.3 is 10.0 Å². The number of hydrogen-bond acceptors (Lipinski definition) is 2. The van der Waals surface area contributed by atoms with Crippen LogP contribution in [-0.2, 0) is 21.9 Å². The first-order valence-electron chi connectivity index (χ1n) is 7.33. The van der Waals surface area contributed by atoms with Gasteiger partial charge in [-0.3, -0.25) is 4.79 Å². The van der Waals surface area contributed by atoms with Gasteiger partial charge in [-0.2, -0.15) is 26.3 Å². The van der Waals surface area contributed by atoms with Crippen molar-refractivity contribution in [2.45, 2.75) is 31.2 Å². The van der Waals surface area contributed by atoms with E-state index in [0.29, 0.717) is 24.6 Å². The van der Waals surface area contributed by atoms with Crippen molar-refractivity contribution >= 4 is 18.0 Å². The molecule has 10 heteroatoms. The lowest BCUT2D eigenvalue weighted by Crippen LogP contribution is -2.39. The van der Waals surface area contributed by atoms with Gasteiger partial charge in [0.25, 0.3) is 0 Å². The van der Waals surface area contributed by atoms with E-state index in [1.807, 2.05) is 0 Å². The Morgan fingerprint density at radius 3 is 2.38 bits per heavy atom. The van der Waals surface area contributed by atoms with Crippen molar-refractivity contribution in [3.63, 3.8) is 0 Å². The Bertz CT molecular complexity index is 738. The number of carbonyl (C=O) groups excluding carboxylic acids is 1. The molecule has 141 valence electrons. The Hall–Kier alpha value is -2.52. The number of carboxylic acid groups (broad SMARTS) is 1. The fourth-order valence-corrected chi connectivity index (χ4v) is 2.73. The number of likely N-dealkylation sites (tertiary alicyclic amines) is 1. The zero-order chi connectivity index (χ0) is 19.7. The molecule has 1 fully saturated rings. The van der Waals surface area contributed by atoms with Crippen LogP contribution in [0.15, 0.2) is 18.2 Å². The fourth-order valence-electron chi connectivity index (χ4n) is 2.73. The van der Waals surface area contributed by atoms with E-state index in [9.17, 15) is 35.9 Å². The topological polar surface area (TPSA) is 57.6 Å². The summed E-state index contributed by atoms with van der Waals surface area (Å²) in [5.41, 5.74) is -4.79. The number of alkyl halides is 6. The lowest BCUT2D eigenvalue weighted by molar-refractivity contribution is -0.162. The summed E-state index contributed by atoms with van der Waals surface area (Å²) in [7, 11) is 0. The first kappa shape index (κ1) is 19.8. The molecule has 0 saturated carbocycles. The quantitative estimate of drug-likeness (QED) is 0.644. The average Bonchev–Trinajstić information content (AvgIpc) is 3.00. The summed E-state index contributed by atoms with van der Waals surface area (Å²) in [6, 6.07) is 1.86. The fraction of sp³-hybridized carbons (Fsp3) is 0.375. The Labute approximate surface area is 143 Å². The summed E-state index contributed by atoms with van der Waals surface area (Å²) < 4.78 is 77.9. The Balaban J connectivity index is 2.39. The third kappa shape index (κ3) is 4.17. The number of halogens is 6. The second-order valence-corrected chi connectivity index (χ2v) is 5.54. The molecule has 1 aromatic rings. The molecule has 1 aliphatic rings. The highest BCUT2D eigenvalue weighted by Gasteiger charge is 2.44. The molecule has 1 radical (unpaired) electrons. The molecule has 4 nitrogen and oxygen atoms in total. The van der Waals surface area contributed by atoms with E-state index >= 15 is 0 Å². The average molecular weight is 380 g/mol. The van der Waals surface area contributed by atoms with E-state index < -0.39 is 47.0 Å². The molecule has 1 aromatic carbocycles. The van der Waals surface area contributed by atoms with Crippen molar-refractivity contribution in [2.24, 2.45) is 0 Å². The van der Waals surface area contributed by atoms with Crippen LogP contribution in [-0.4, -0.2) is 34.5 Å². The van der Waals surface area contributed by atoms with Gasteiger partial charge in [0.1, 0.15) is 6.04 Å². The number of hydrogen-bond donors (Lipinski definition) is 1. The summed E-state index contributed by atoms with van der Waals surface area (Å²) >= 11 is 0. The van der Waals surface area contributed by atoms with Crippen molar-refractivity contribution < 1.29 is 41.0 Å². The summed E-state index contributed by atoms with van der Waals surface area (Å²) in [6.45, 7) is 0.0998. The van der Waals surface area contributed by atoms with Gasteiger partial charge in [0, 0.05) is 12.6 Å². The van der Waals surface area contributed by atoms with Crippen molar-refractivity contribution in [2.75, 3.05) is 6.54 Å². The van der Waals surface area contributed by atoms with Crippen molar-refractivity contribution in [1.82, 2.24) is 4.90 Å². The molecule has 1 atom stereocenters. The normalized spacial score (nSPS) is 18.5. The van der Waals surface area contributed by atoms with E-state index in [1.54, 1.807) is 0 Å². The van der Waals surface area contributed by atoms with Gasteiger partial charge in [-0.25, -0.2) is 4.79 Å². The van der Waals surface area contributed by atoms with Gasteiger partial charge in [-0.1, -0.05) is 12.1 Å². The molecule has 0 aliphatic carbocycles. The van der Waals surface area contributed by atoms with Crippen LogP contribution in [0, 0.1) is 6.07 Å². The minimum absolute atomic E-state index is 0.0998. The van der Waals surface area contributed by atoms with E-state index in [1.165, 1.54) is 6.07 Å². The third-order valence-corrected chi connectivity index (χ3v) is 3.82. The Morgan fingerprint density at radius 1 is 1.19 bits per heavy atom. The summed E-state index contributed by atoms with van der Waals surface area (Å²) in [4.78, 5) is 24.0. The molecule has 0 bridgehead atoms. The Morgan fingerprint density at radius 2 is 1.85 bits per heavy atom. The second kappa shape index (κ2) is 7.00. The summed E-state index contributed by atoms with van der Waals surface area (Å²) in [5, 5.41) is 9.00. The Kier molecular flexibility index (Phi) is 5.33. The highest BCUT2D eigenvalue weighted by molar-refractivity contribution is 5.95. The largest absolute Gasteiger partial charge is 0.480 e. The van der Waals surface area contributed by atoms with Gasteiger partial charge in [0.05, 0.1) is 11.1 Å². The number of aliphatic carboxylic acids is 1. The molecule has 2 rings (SSSR count). The van der Waals surface area contributed by atoms with Gasteiger partial charge >= 0.3 is 18.3 Å². The maximum Gasteiger partial charge on any atom is 0.417 e. The predicted octanol–water partition coefficient (Wildman–Crippen LogP) is 3.61. The van der Waals surface area contributed by atoms with Crippen LogP contribution in [0.1, 0.15) is 29.5 Å². The third-order valence-electron chi connectivity index (χ3n) is 3.82. The first-order chi connectivity index (χ1) is 11.9. The predicted molar refractivity (Wildman–Crippen MR) is 76.7 cm³/mol. The van der Waals surface area contributed by atoms with Crippen LogP contribution >= 0.6 is 0 Å². The first-order valence-corrected chi connectivity index (χ1v) is 7.33. The number of carbonyl (C=O) groups is 2. The van der Waals surface area contributed by atoms with Crippen LogP contribution < -0.4 is 0 Å². The minimum Gasteiger partial charge on any atom is -0.480 e. The zero-order valence-electron chi connectivity index (χ0n) is 13.0. The van der Waals surface area contributed by atoms with Gasteiger partial charge in [0.15, 0.2) is 0 Å². The van der Waals surface area contributed by atoms with Crippen LogP contribution in [0.25, 0.3) is 6.08 Å². The molecule has 0 spiro atoms. The molecule has 1 saturated heterocycles. The number of nitrogens with zero attached hydrogens (tertiary/aromatic N) is 1. The zero-order valence-corrected chi connectivity index (χ0v) is 13.0. The summed E-state index contributed by atoms with van der Waals surface area (Å²) in [5.74, 6) is -2.14. The molecule has 0 aromatic heterocycles. The van der Waals surface area contributed by atoms with E-state index in [2.05, 4.69) is 0 Å². The van der Waals surface area contributed by atoms with Gasteiger partial charge in [-0.05, 0) is 30.5 Å². The van der Waals surface area contributed by atoms with Crippen LogP contribution in [0.3, 0.4) is 0 Å². The number of carboxylic acids is 1. The highest BCUT2D eigenvalue weighted by Crippen LogP contribution is 2.42. The molecule has 1 unspecified atom stereocenters. The number of rotatable bonds is 3. The van der Waals surface area contributed by atoms with Crippen LogP contribution in [0.4, 0.5) is 26.3 Å². The second-order valence-electron chi connectivity index (χ2n) is 5.54. The smallest absolute Gasteiger partial charge is 0.417 e. The van der Waals surface area contributed by atoms with E-state index in [-0.39, 0.29) is 13.0 Å². The summed E-state index contributed by atoms with van der Waals surface area (Å²) in [6.07, 6.45) is -8.74. The lowest BCUT2D eigenvalue weighted by atomic mass is 9.99. The van der Waals surface area contributed by atoms with Gasteiger partial charge in [0.2, 0.25) is 5.91 Å². The number of benzene rings is 1. The van der Waals surface area contributed by atoms with E-state index in [0.717, 1.165) is 11.0 Å². The maximum atomic E-state index is 13.1. The molecular formula is C16H12F6NO3. The van der Waals surface area contributed by atoms with Crippen LogP contribution in [0.2, 0.25) is 0 Å².